The lowest BCUT2D eigenvalue weighted by molar-refractivity contribution is -0.138. The number of aromatic nitrogens is 2. The zero-order valence-corrected chi connectivity index (χ0v) is 14.4. The van der Waals surface area contributed by atoms with Crippen LogP contribution in [0.25, 0.3) is 0 Å². The van der Waals surface area contributed by atoms with E-state index in [-0.39, 0.29) is 11.3 Å². The van der Waals surface area contributed by atoms with Crippen molar-refractivity contribution in [1.82, 2.24) is 14.9 Å². The van der Waals surface area contributed by atoms with Crippen LogP contribution in [-0.4, -0.2) is 60.7 Å². The summed E-state index contributed by atoms with van der Waals surface area (Å²) in [7, 11) is 1.70. The van der Waals surface area contributed by atoms with Crippen LogP contribution in [0.2, 0.25) is 0 Å². The Balaban J connectivity index is 1.69. The molecular formula is C17H27N5O2. The lowest BCUT2D eigenvalue weighted by atomic mass is 9.73. The van der Waals surface area contributed by atoms with Crippen LogP contribution >= 0.6 is 0 Å². The Morgan fingerprint density at radius 2 is 2.21 bits per heavy atom. The van der Waals surface area contributed by atoms with E-state index in [0.29, 0.717) is 18.8 Å². The Kier molecular flexibility index (Phi) is 5.18. The van der Waals surface area contributed by atoms with Gasteiger partial charge in [-0.2, -0.15) is 0 Å². The van der Waals surface area contributed by atoms with E-state index in [1.54, 1.807) is 7.11 Å². The third kappa shape index (κ3) is 3.77. The molecule has 1 aromatic heterocycles. The molecule has 2 fully saturated rings. The summed E-state index contributed by atoms with van der Waals surface area (Å²) < 4.78 is 5.12. The van der Waals surface area contributed by atoms with Crippen LogP contribution in [-0.2, 0) is 9.53 Å². The second kappa shape index (κ2) is 7.34. The standard InChI is InChI=1S/C17H27N5O2/c1-24-9-3-8-22-12-17(6-4-16(22)23)5-2-7-21(11-17)15-10-14(18)19-13-20-15/h10,13H,2-9,11-12H2,1H3,(H2,18,19,20)/t17-/m0/s1. The summed E-state index contributed by atoms with van der Waals surface area (Å²) in [5.41, 5.74) is 5.97. The van der Waals surface area contributed by atoms with Crippen molar-refractivity contribution in [3.8, 4) is 0 Å². The molecule has 0 unspecified atom stereocenters. The number of piperidine rings is 2. The molecule has 24 heavy (non-hydrogen) atoms. The summed E-state index contributed by atoms with van der Waals surface area (Å²) in [6.07, 6.45) is 6.30. The molecule has 2 aliphatic rings. The molecule has 2 saturated heterocycles. The molecule has 132 valence electrons. The number of hydrogen-bond acceptors (Lipinski definition) is 6. The highest BCUT2D eigenvalue weighted by Crippen LogP contribution is 2.40. The first-order chi connectivity index (χ1) is 11.6. The maximum absolute atomic E-state index is 12.2. The Bertz CT molecular complexity index is 582. The van der Waals surface area contributed by atoms with Gasteiger partial charge in [-0.1, -0.05) is 0 Å². The summed E-state index contributed by atoms with van der Waals surface area (Å²) in [6, 6.07) is 1.84. The number of carbonyl (C=O) groups is 1. The van der Waals surface area contributed by atoms with Gasteiger partial charge in [0.2, 0.25) is 5.91 Å². The normalized spacial score (nSPS) is 24.6. The van der Waals surface area contributed by atoms with E-state index < -0.39 is 0 Å². The molecule has 3 rings (SSSR count). The largest absolute Gasteiger partial charge is 0.385 e. The van der Waals surface area contributed by atoms with Crippen molar-refractivity contribution in [3.05, 3.63) is 12.4 Å². The molecule has 7 heteroatoms. The maximum atomic E-state index is 12.2. The van der Waals surface area contributed by atoms with E-state index in [2.05, 4.69) is 14.9 Å². The van der Waals surface area contributed by atoms with Crippen LogP contribution in [0.5, 0.6) is 0 Å². The first kappa shape index (κ1) is 17.0. The quantitative estimate of drug-likeness (QED) is 0.818. The van der Waals surface area contributed by atoms with Crippen LogP contribution in [0, 0.1) is 5.41 Å². The van der Waals surface area contributed by atoms with Crippen molar-refractivity contribution in [3.63, 3.8) is 0 Å². The first-order valence-electron chi connectivity index (χ1n) is 8.71. The molecule has 0 saturated carbocycles. The van der Waals surface area contributed by atoms with Crippen molar-refractivity contribution < 1.29 is 9.53 Å². The van der Waals surface area contributed by atoms with E-state index in [1.165, 1.54) is 6.33 Å². The molecule has 1 amide bonds. The van der Waals surface area contributed by atoms with Crippen LogP contribution in [0.3, 0.4) is 0 Å². The van der Waals surface area contributed by atoms with Crippen molar-refractivity contribution in [2.45, 2.75) is 32.1 Å². The molecule has 3 heterocycles. The van der Waals surface area contributed by atoms with Gasteiger partial charge in [0.15, 0.2) is 0 Å². The molecule has 1 atom stereocenters. The zero-order chi connectivity index (χ0) is 17.0. The molecule has 0 radical (unpaired) electrons. The first-order valence-corrected chi connectivity index (χ1v) is 8.71. The van der Waals surface area contributed by atoms with Gasteiger partial charge >= 0.3 is 0 Å². The predicted octanol–water partition coefficient (Wildman–Crippen LogP) is 1.30. The Labute approximate surface area is 143 Å². The lowest BCUT2D eigenvalue weighted by Gasteiger charge is -2.48. The SMILES string of the molecule is COCCCN1C[C@@]2(CCCN(c3cc(N)ncn3)C2)CCC1=O. The molecule has 0 aliphatic carbocycles. The number of methoxy groups -OCH3 is 1. The van der Waals surface area contributed by atoms with Crippen molar-refractivity contribution >= 4 is 17.5 Å². The van der Waals surface area contributed by atoms with Gasteiger partial charge in [-0.05, 0) is 25.7 Å². The number of hydrogen-bond donors (Lipinski definition) is 1. The highest BCUT2D eigenvalue weighted by molar-refractivity contribution is 5.77. The minimum absolute atomic E-state index is 0.166. The molecule has 7 nitrogen and oxygen atoms in total. The van der Waals surface area contributed by atoms with Crippen molar-refractivity contribution in [2.24, 2.45) is 5.41 Å². The van der Waals surface area contributed by atoms with Gasteiger partial charge in [0, 0.05) is 57.8 Å². The highest BCUT2D eigenvalue weighted by atomic mass is 16.5. The molecular weight excluding hydrogens is 306 g/mol. The van der Waals surface area contributed by atoms with Gasteiger partial charge in [-0.25, -0.2) is 9.97 Å². The number of nitrogen functional groups attached to an aromatic ring is 1. The predicted molar refractivity (Wildman–Crippen MR) is 92.6 cm³/mol. The van der Waals surface area contributed by atoms with E-state index in [0.717, 1.165) is 57.7 Å². The third-order valence-corrected chi connectivity index (χ3v) is 5.18. The third-order valence-electron chi connectivity index (χ3n) is 5.18. The minimum atomic E-state index is 0.166. The summed E-state index contributed by atoms with van der Waals surface area (Å²) in [5, 5.41) is 0. The van der Waals surface area contributed by atoms with Crippen molar-refractivity contribution in [1.29, 1.82) is 0 Å². The molecule has 0 aromatic carbocycles. The number of amides is 1. The second-order valence-corrected chi connectivity index (χ2v) is 6.99. The zero-order valence-electron chi connectivity index (χ0n) is 14.4. The monoisotopic (exact) mass is 333 g/mol. The molecule has 0 bridgehead atoms. The topological polar surface area (TPSA) is 84.6 Å². The number of ether oxygens (including phenoxy) is 1. The number of nitrogens with zero attached hydrogens (tertiary/aromatic N) is 4. The van der Waals surface area contributed by atoms with Crippen LogP contribution in [0.1, 0.15) is 32.1 Å². The van der Waals surface area contributed by atoms with Gasteiger partial charge in [0.25, 0.3) is 0 Å². The summed E-state index contributed by atoms with van der Waals surface area (Å²) in [6.45, 7) is 4.23. The average molecular weight is 333 g/mol. The molecule has 2 aliphatic heterocycles. The fourth-order valence-corrected chi connectivity index (χ4v) is 3.98. The minimum Gasteiger partial charge on any atom is -0.385 e. The summed E-state index contributed by atoms with van der Waals surface area (Å²) in [4.78, 5) is 24.9. The van der Waals surface area contributed by atoms with E-state index in [1.807, 2.05) is 11.0 Å². The maximum Gasteiger partial charge on any atom is 0.222 e. The Morgan fingerprint density at radius 3 is 3.00 bits per heavy atom. The Morgan fingerprint density at radius 1 is 1.33 bits per heavy atom. The number of nitrogens with two attached hydrogens (primary N) is 1. The summed E-state index contributed by atoms with van der Waals surface area (Å²) in [5.74, 6) is 1.67. The van der Waals surface area contributed by atoms with Gasteiger partial charge in [-0.3, -0.25) is 4.79 Å². The summed E-state index contributed by atoms with van der Waals surface area (Å²) >= 11 is 0. The highest BCUT2D eigenvalue weighted by Gasteiger charge is 2.41. The van der Waals surface area contributed by atoms with Gasteiger partial charge in [0.1, 0.15) is 18.0 Å². The van der Waals surface area contributed by atoms with Gasteiger partial charge in [0.05, 0.1) is 0 Å². The molecule has 1 aromatic rings. The Hall–Kier alpha value is -1.89. The number of anilines is 2. The number of carbonyl (C=O) groups excluding carboxylic acids is 1. The van der Waals surface area contributed by atoms with Gasteiger partial charge in [-0.15, -0.1) is 0 Å². The number of rotatable bonds is 5. The fourth-order valence-electron chi connectivity index (χ4n) is 3.98. The molecule has 1 spiro atoms. The van der Waals surface area contributed by atoms with Crippen LogP contribution in [0.15, 0.2) is 12.4 Å². The smallest absolute Gasteiger partial charge is 0.222 e. The average Bonchev–Trinajstić information content (AvgIpc) is 2.59. The van der Waals surface area contributed by atoms with Crippen molar-refractivity contribution in [2.75, 3.05) is 50.5 Å². The van der Waals surface area contributed by atoms with Gasteiger partial charge < -0.3 is 20.3 Å². The van der Waals surface area contributed by atoms with E-state index in [4.69, 9.17) is 10.5 Å². The molecule has 2 N–H and O–H groups in total. The number of likely N-dealkylation sites (tertiary alicyclic amines) is 1. The van der Waals surface area contributed by atoms with E-state index in [9.17, 15) is 4.79 Å². The second-order valence-electron chi connectivity index (χ2n) is 6.99. The van der Waals surface area contributed by atoms with Crippen LogP contribution < -0.4 is 10.6 Å². The fraction of sp³-hybridized carbons (Fsp3) is 0.706. The van der Waals surface area contributed by atoms with E-state index >= 15 is 0 Å². The van der Waals surface area contributed by atoms with Crippen LogP contribution in [0.4, 0.5) is 11.6 Å². The lowest BCUT2D eigenvalue weighted by Crippen LogP contribution is -2.54.